The number of pyridine rings is 1. The number of thioether (sulfide) groups is 1. The first-order valence-electron chi connectivity index (χ1n) is 5.74. The molecule has 0 saturated heterocycles. The summed E-state index contributed by atoms with van der Waals surface area (Å²) in [6, 6.07) is 4.09. The Morgan fingerprint density at radius 3 is 3.06 bits per heavy atom. The maximum Gasteiger partial charge on any atom is 0.267 e. The summed E-state index contributed by atoms with van der Waals surface area (Å²) in [5.74, 6) is -0.484. The third-order valence-corrected chi connectivity index (χ3v) is 4.20. The van der Waals surface area contributed by atoms with E-state index >= 15 is 0 Å². The summed E-state index contributed by atoms with van der Waals surface area (Å²) in [4.78, 5) is 14.9. The average molecular weight is 251 g/mol. The molecule has 1 amide bonds. The van der Waals surface area contributed by atoms with Crippen molar-refractivity contribution in [3.05, 3.63) is 24.0 Å². The van der Waals surface area contributed by atoms with Gasteiger partial charge in [-0.15, -0.1) is 0 Å². The Morgan fingerprint density at radius 1 is 1.59 bits per heavy atom. The number of hydrogen-bond donors (Lipinski definition) is 2. The number of nitrogens with one attached hydrogen (secondary N) is 1. The highest BCUT2D eigenvalue weighted by atomic mass is 32.2. The summed E-state index contributed by atoms with van der Waals surface area (Å²) in [5.41, 5.74) is 6.45. The van der Waals surface area contributed by atoms with Crippen molar-refractivity contribution in [1.29, 1.82) is 0 Å². The van der Waals surface area contributed by atoms with E-state index in [2.05, 4.69) is 16.6 Å². The van der Waals surface area contributed by atoms with Gasteiger partial charge >= 0.3 is 0 Å². The molecule has 0 aromatic carbocycles. The SMILES string of the molecule is CSC1CCC(Nc2ccnc(C(N)=O)c2)C1. The summed E-state index contributed by atoms with van der Waals surface area (Å²) < 4.78 is 0. The molecule has 1 saturated carbocycles. The molecule has 5 heteroatoms. The number of aromatic nitrogens is 1. The Balaban J connectivity index is 1.99. The molecule has 1 aliphatic rings. The highest BCUT2D eigenvalue weighted by molar-refractivity contribution is 7.99. The lowest BCUT2D eigenvalue weighted by atomic mass is 10.2. The predicted molar refractivity (Wildman–Crippen MR) is 71.3 cm³/mol. The molecule has 2 rings (SSSR count). The highest BCUT2D eigenvalue weighted by Gasteiger charge is 2.23. The molecule has 2 unspecified atom stereocenters. The Bertz CT molecular complexity index is 410. The zero-order valence-corrected chi connectivity index (χ0v) is 10.7. The van der Waals surface area contributed by atoms with Gasteiger partial charge in [0.15, 0.2) is 0 Å². The standard InChI is InChI=1S/C12H17N3OS/c1-17-10-3-2-8(6-10)15-9-4-5-14-11(7-9)12(13)16/h4-5,7-8,10H,2-3,6H2,1H3,(H2,13,16)(H,14,15). The van der Waals surface area contributed by atoms with E-state index in [1.807, 2.05) is 17.8 Å². The lowest BCUT2D eigenvalue weighted by Crippen LogP contribution is -2.17. The largest absolute Gasteiger partial charge is 0.382 e. The molecular weight excluding hydrogens is 234 g/mol. The quantitative estimate of drug-likeness (QED) is 0.857. The first-order valence-corrected chi connectivity index (χ1v) is 7.03. The van der Waals surface area contributed by atoms with Crippen LogP contribution in [0, 0.1) is 0 Å². The van der Waals surface area contributed by atoms with Crippen molar-refractivity contribution in [2.75, 3.05) is 11.6 Å². The second kappa shape index (κ2) is 5.40. The van der Waals surface area contributed by atoms with Gasteiger partial charge in [0.2, 0.25) is 0 Å². The van der Waals surface area contributed by atoms with Crippen molar-refractivity contribution >= 4 is 23.4 Å². The maximum absolute atomic E-state index is 11.0. The van der Waals surface area contributed by atoms with Gasteiger partial charge in [-0.2, -0.15) is 11.8 Å². The fraction of sp³-hybridized carbons (Fsp3) is 0.500. The molecule has 92 valence electrons. The van der Waals surface area contributed by atoms with Gasteiger partial charge in [-0.25, -0.2) is 0 Å². The molecule has 1 aliphatic carbocycles. The van der Waals surface area contributed by atoms with Crippen LogP contribution >= 0.6 is 11.8 Å². The number of nitrogens with two attached hydrogens (primary N) is 1. The third kappa shape index (κ3) is 3.12. The van der Waals surface area contributed by atoms with Gasteiger partial charge in [0, 0.05) is 23.2 Å². The fourth-order valence-corrected chi connectivity index (χ4v) is 2.97. The van der Waals surface area contributed by atoms with Crippen LogP contribution in [-0.4, -0.2) is 28.4 Å². The molecule has 1 aromatic heterocycles. The number of anilines is 1. The van der Waals surface area contributed by atoms with Gasteiger partial charge in [-0.3, -0.25) is 9.78 Å². The minimum Gasteiger partial charge on any atom is -0.382 e. The molecule has 1 fully saturated rings. The van der Waals surface area contributed by atoms with E-state index in [4.69, 9.17) is 5.73 Å². The molecule has 17 heavy (non-hydrogen) atoms. The highest BCUT2D eigenvalue weighted by Crippen LogP contribution is 2.30. The zero-order chi connectivity index (χ0) is 12.3. The molecule has 0 aliphatic heterocycles. The van der Waals surface area contributed by atoms with Gasteiger partial charge in [0.25, 0.3) is 5.91 Å². The molecule has 1 aromatic rings. The van der Waals surface area contributed by atoms with E-state index < -0.39 is 5.91 Å². The van der Waals surface area contributed by atoms with Gasteiger partial charge in [0.1, 0.15) is 5.69 Å². The molecule has 0 radical (unpaired) electrons. The Morgan fingerprint density at radius 2 is 2.41 bits per heavy atom. The van der Waals surface area contributed by atoms with Crippen LogP contribution in [0.25, 0.3) is 0 Å². The lowest BCUT2D eigenvalue weighted by molar-refractivity contribution is 0.0995. The Hall–Kier alpha value is -1.23. The molecule has 1 heterocycles. The normalized spacial score (nSPS) is 23.6. The number of carbonyl (C=O) groups is 1. The minimum atomic E-state index is -0.484. The number of carbonyl (C=O) groups excluding carboxylic acids is 1. The van der Waals surface area contributed by atoms with Crippen LogP contribution in [-0.2, 0) is 0 Å². The number of rotatable bonds is 4. The average Bonchev–Trinajstić information content (AvgIpc) is 2.77. The van der Waals surface area contributed by atoms with Crippen molar-refractivity contribution in [1.82, 2.24) is 4.98 Å². The summed E-state index contributed by atoms with van der Waals surface area (Å²) in [7, 11) is 0. The van der Waals surface area contributed by atoms with Crippen LogP contribution in [0.5, 0.6) is 0 Å². The van der Waals surface area contributed by atoms with Crippen LogP contribution in [0.15, 0.2) is 18.3 Å². The van der Waals surface area contributed by atoms with E-state index in [0.29, 0.717) is 11.7 Å². The number of nitrogens with zero attached hydrogens (tertiary/aromatic N) is 1. The van der Waals surface area contributed by atoms with E-state index in [-0.39, 0.29) is 0 Å². The summed E-state index contributed by atoms with van der Waals surface area (Å²) >= 11 is 1.93. The summed E-state index contributed by atoms with van der Waals surface area (Å²) in [5, 5.41) is 4.19. The van der Waals surface area contributed by atoms with Crippen LogP contribution in [0.3, 0.4) is 0 Å². The third-order valence-electron chi connectivity index (χ3n) is 3.10. The molecular formula is C12H17N3OS. The van der Waals surface area contributed by atoms with E-state index in [9.17, 15) is 4.79 Å². The van der Waals surface area contributed by atoms with Crippen molar-refractivity contribution in [3.63, 3.8) is 0 Å². The van der Waals surface area contributed by atoms with Gasteiger partial charge in [0.05, 0.1) is 0 Å². The number of primary amides is 1. The summed E-state index contributed by atoms with van der Waals surface area (Å²) in [6.07, 6.45) is 7.38. The fourth-order valence-electron chi connectivity index (χ4n) is 2.18. The monoisotopic (exact) mass is 251 g/mol. The molecule has 0 bridgehead atoms. The smallest absolute Gasteiger partial charge is 0.267 e. The van der Waals surface area contributed by atoms with Crippen LogP contribution in [0.2, 0.25) is 0 Å². The first kappa shape index (κ1) is 12.2. The van der Waals surface area contributed by atoms with E-state index in [0.717, 1.165) is 10.9 Å². The van der Waals surface area contributed by atoms with E-state index in [1.165, 1.54) is 19.3 Å². The number of amides is 1. The topological polar surface area (TPSA) is 68.0 Å². The van der Waals surface area contributed by atoms with Crippen molar-refractivity contribution in [2.24, 2.45) is 5.73 Å². The second-order valence-corrected chi connectivity index (χ2v) is 5.44. The predicted octanol–water partition coefficient (Wildman–Crippen LogP) is 1.88. The maximum atomic E-state index is 11.0. The van der Waals surface area contributed by atoms with Gasteiger partial charge in [-0.1, -0.05) is 0 Å². The number of hydrogen-bond acceptors (Lipinski definition) is 4. The zero-order valence-electron chi connectivity index (χ0n) is 9.85. The van der Waals surface area contributed by atoms with Gasteiger partial charge in [-0.05, 0) is 37.7 Å². The van der Waals surface area contributed by atoms with Gasteiger partial charge < -0.3 is 11.1 Å². The molecule has 3 N–H and O–H groups in total. The first-order chi connectivity index (χ1) is 8.19. The Labute approximate surface area is 105 Å². The summed E-state index contributed by atoms with van der Waals surface area (Å²) in [6.45, 7) is 0. The Kier molecular flexibility index (Phi) is 3.89. The van der Waals surface area contributed by atoms with Crippen LogP contribution < -0.4 is 11.1 Å². The second-order valence-electron chi connectivity index (χ2n) is 4.31. The molecule has 2 atom stereocenters. The van der Waals surface area contributed by atoms with Crippen molar-refractivity contribution in [2.45, 2.75) is 30.6 Å². The molecule has 4 nitrogen and oxygen atoms in total. The lowest BCUT2D eigenvalue weighted by Gasteiger charge is -2.14. The minimum absolute atomic E-state index is 0.314. The molecule has 0 spiro atoms. The van der Waals surface area contributed by atoms with Crippen molar-refractivity contribution < 1.29 is 4.79 Å². The van der Waals surface area contributed by atoms with E-state index in [1.54, 1.807) is 12.3 Å². The van der Waals surface area contributed by atoms with Crippen LogP contribution in [0.4, 0.5) is 5.69 Å². The van der Waals surface area contributed by atoms with Crippen molar-refractivity contribution in [3.8, 4) is 0 Å². The van der Waals surface area contributed by atoms with Crippen LogP contribution in [0.1, 0.15) is 29.8 Å².